The van der Waals surface area contributed by atoms with Crippen molar-refractivity contribution >= 4 is 24.7 Å². The highest BCUT2D eigenvalue weighted by atomic mass is 32.1. The lowest BCUT2D eigenvalue weighted by Gasteiger charge is -2.40. The maximum atomic E-state index is 14.2. The zero-order valence-corrected chi connectivity index (χ0v) is 27.5. The first kappa shape index (κ1) is 32.1. The number of carbonyl (C=O) groups excluding carboxylic acids is 1. The minimum absolute atomic E-state index is 0.0290. The van der Waals surface area contributed by atoms with Gasteiger partial charge in [0.2, 0.25) is 0 Å². The van der Waals surface area contributed by atoms with Crippen molar-refractivity contribution in [2.45, 2.75) is 31.2 Å². The van der Waals surface area contributed by atoms with E-state index in [-0.39, 0.29) is 36.7 Å². The first-order valence-electron chi connectivity index (χ1n) is 16.0. The number of carbonyl (C=O) groups is 2. The number of rotatable bonds is 11. The van der Waals surface area contributed by atoms with Gasteiger partial charge >= 0.3 is 12.1 Å². The molecule has 6 heteroatoms. The molecule has 0 saturated heterocycles. The van der Waals surface area contributed by atoms with Gasteiger partial charge in [-0.2, -0.15) is 12.6 Å². The van der Waals surface area contributed by atoms with Crippen molar-refractivity contribution in [1.82, 2.24) is 4.90 Å². The molecule has 0 radical (unpaired) electrons. The molecule has 1 aliphatic carbocycles. The average Bonchev–Trinajstić information content (AvgIpc) is 3.42. The second kappa shape index (κ2) is 13.9. The lowest BCUT2D eigenvalue weighted by atomic mass is 9.81. The quantitative estimate of drug-likeness (QED) is 0.112. The molecule has 5 nitrogen and oxygen atoms in total. The molecule has 5 aromatic rings. The van der Waals surface area contributed by atoms with Crippen LogP contribution in [0.25, 0.3) is 11.1 Å². The molecule has 6 rings (SSSR count). The predicted octanol–water partition coefficient (Wildman–Crippen LogP) is 8.98. The number of fused-ring (bicyclic) bond motifs is 3. The van der Waals surface area contributed by atoms with Crippen LogP contribution in [0, 0.1) is 5.92 Å². The summed E-state index contributed by atoms with van der Waals surface area (Å²) in [6, 6.07) is 44.2. The van der Waals surface area contributed by atoms with Crippen molar-refractivity contribution in [2.75, 3.05) is 18.9 Å². The van der Waals surface area contributed by atoms with Gasteiger partial charge in [-0.25, -0.2) is 9.59 Å². The van der Waals surface area contributed by atoms with Gasteiger partial charge in [-0.3, -0.25) is 4.90 Å². The van der Waals surface area contributed by atoms with Gasteiger partial charge in [0.15, 0.2) is 5.54 Å². The fraction of sp³-hybridized carbons (Fsp3) is 0.220. The summed E-state index contributed by atoms with van der Waals surface area (Å²) in [4.78, 5) is 29.1. The van der Waals surface area contributed by atoms with Gasteiger partial charge in [0.05, 0.1) is 0 Å². The van der Waals surface area contributed by atoms with Gasteiger partial charge in [0.1, 0.15) is 6.61 Å². The summed E-state index contributed by atoms with van der Waals surface area (Å²) in [5.41, 5.74) is 6.23. The van der Waals surface area contributed by atoms with Crippen molar-refractivity contribution in [1.29, 1.82) is 0 Å². The van der Waals surface area contributed by atoms with E-state index >= 15 is 0 Å². The monoisotopic (exact) mass is 641 g/mol. The molecule has 0 spiro atoms. The summed E-state index contributed by atoms with van der Waals surface area (Å²) in [6.07, 6.45) is -0.676. The summed E-state index contributed by atoms with van der Waals surface area (Å²) in [5, 5.41) is 11.0. The van der Waals surface area contributed by atoms with Crippen molar-refractivity contribution < 1.29 is 19.4 Å². The topological polar surface area (TPSA) is 66.8 Å². The molecule has 0 saturated carbocycles. The van der Waals surface area contributed by atoms with Gasteiger partial charge in [-0.1, -0.05) is 147 Å². The maximum absolute atomic E-state index is 14.2. The molecule has 1 atom stereocenters. The zero-order chi connectivity index (χ0) is 33.0. The molecule has 1 aliphatic rings. The molecule has 1 N–H and O–H groups in total. The Bertz CT molecular complexity index is 1770. The summed E-state index contributed by atoms with van der Waals surface area (Å²) >= 11 is 4.63. The minimum Gasteiger partial charge on any atom is -0.479 e. The van der Waals surface area contributed by atoms with E-state index in [2.05, 4.69) is 61.2 Å². The standard InChI is InChI=1S/C41H39NO4S/c1-28(2)25-42(40(45)46-26-37-35-22-11-9-20-33(35)34-21-10-12-23-36(34)37)41(27-47,39(43)44)32-19-13-18-31(24-32)38(29-14-5-3-6-15-29)30-16-7-4-8-17-30/h3-24,28,37-38,47H,25-27H2,1-2H3,(H,43,44)/t41-/m1/s1. The summed E-state index contributed by atoms with van der Waals surface area (Å²) in [6.45, 7) is 4.20. The minimum atomic E-state index is -1.77. The Morgan fingerprint density at radius 3 is 1.77 bits per heavy atom. The number of carboxylic acid groups (broad SMARTS) is 1. The summed E-state index contributed by atoms with van der Waals surface area (Å²) in [7, 11) is 0. The van der Waals surface area contributed by atoms with Crippen LogP contribution in [0.5, 0.6) is 0 Å². The molecule has 0 aromatic heterocycles. The van der Waals surface area contributed by atoms with E-state index in [0.717, 1.165) is 38.9 Å². The third-order valence-corrected chi connectivity index (χ3v) is 9.57. The number of hydrogen-bond acceptors (Lipinski definition) is 4. The van der Waals surface area contributed by atoms with Crippen LogP contribution in [0.4, 0.5) is 4.79 Å². The maximum Gasteiger partial charge on any atom is 0.411 e. The predicted molar refractivity (Wildman–Crippen MR) is 190 cm³/mol. The number of ether oxygens (including phenoxy) is 1. The van der Waals surface area contributed by atoms with Crippen molar-refractivity contribution in [3.05, 3.63) is 167 Å². The van der Waals surface area contributed by atoms with Crippen LogP contribution in [0.1, 0.15) is 59.1 Å². The van der Waals surface area contributed by atoms with Crippen LogP contribution in [0.15, 0.2) is 133 Å². The van der Waals surface area contributed by atoms with Crippen LogP contribution in [0.2, 0.25) is 0 Å². The van der Waals surface area contributed by atoms with E-state index in [4.69, 9.17) is 4.74 Å². The van der Waals surface area contributed by atoms with E-state index in [1.54, 1.807) is 6.07 Å². The summed E-state index contributed by atoms with van der Waals surface area (Å²) < 4.78 is 6.09. The number of nitrogens with zero attached hydrogens (tertiary/aromatic N) is 1. The number of aliphatic carboxylic acids is 1. The van der Waals surface area contributed by atoms with Crippen LogP contribution in [-0.4, -0.2) is 41.0 Å². The molecule has 47 heavy (non-hydrogen) atoms. The molecule has 1 amide bonds. The van der Waals surface area contributed by atoms with Crippen LogP contribution in [-0.2, 0) is 15.1 Å². The van der Waals surface area contributed by atoms with Gasteiger partial charge in [0, 0.05) is 24.1 Å². The Labute approximate surface area is 282 Å². The van der Waals surface area contributed by atoms with Crippen molar-refractivity contribution in [2.24, 2.45) is 5.92 Å². The van der Waals surface area contributed by atoms with Gasteiger partial charge in [-0.05, 0) is 50.4 Å². The second-order valence-corrected chi connectivity index (χ2v) is 12.8. The van der Waals surface area contributed by atoms with Crippen LogP contribution in [0.3, 0.4) is 0 Å². The van der Waals surface area contributed by atoms with Crippen LogP contribution < -0.4 is 0 Å². The first-order valence-corrected chi connectivity index (χ1v) is 16.7. The highest BCUT2D eigenvalue weighted by Gasteiger charge is 2.49. The molecule has 0 bridgehead atoms. The van der Waals surface area contributed by atoms with E-state index in [9.17, 15) is 14.7 Å². The normalized spacial score (nSPS) is 13.6. The Balaban J connectivity index is 1.38. The SMILES string of the molecule is CC(C)CN(C(=O)OCC1c2ccccc2-c2ccccc21)[C@@](CS)(C(=O)O)c1cccc(C(c2ccccc2)c2ccccc2)c1. The fourth-order valence-electron chi connectivity index (χ4n) is 6.91. The molecule has 0 fully saturated rings. The number of thiol groups is 1. The Hall–Kier alpha value is -4.81. The lowest BCUT2D eigenvalue weighted by Crippen LogP contribution is -2.57. The average molecular weight is 642 g/mol. The Kier molecular flexibility index (Phi) is 9.50. The number of carboxylic acids is 1. The van der Waals surface area contributed by atoms with Crippen LogP contribution >= 0.6 is 12.6 Å². The molecule has 0 heterocycles. The molecule has 0 unspecified atom stereocenters. The number of hydrogen-bond donors (Lipinski definition) is 2. The second-order valence-electron chi connectivity index (χ2n) is 12.5. The zero-order valence-electron chi connectivity index (χ0n) is 26.6. The molecule has 0 aliphatic heterocycles. The number of benzene rings is 5. The summed E-state index contributed by atoms with van der Waals surface area (Å²) in [5.74, 6) is -1.61. The number of amides is 1. The Morgan fingerprint density at radius 1 is 0.745 bits per heavy atom. The highest BCUT2D eigenvalue weighted by Crippen LogP contribution is 2.45. The van der Waals surface area contributed by atoms with E-state index in [1.807, 2.05) is 92.7 Å². The molecule has 238 valence electrons. The van der Waals surface area contributed by atoms with E-state index in [0.29, 0.717) is 5.56 Å². The Morgan fingerprint density at radius 2 is 1.26 bits per heavy atom. The van der Waals surface area contributed by atoms with Gasteiger partial charge < -0.3 is 9.84 Å². The third kappa shape index (κ3) is 6.18. The van der Waals surface area contributed by atoms with Crippen molar-refractivity contribution in [3.63, 3.8) is 0 Å². The van der Waals surface area contributed by atoms with E-state index < -0.39 is 17.6 Å². The molecular weight excluding hydrogens is 603 g/mol. The largest absolute Gasteiger partial charge is 0.479 e. The molecular formula is C41H39NO4S. The first-order chi connectivity index (χ1) is 22.8. The fourth-order valence-corrected chi connectivity index (χ4v) is 7.39. The highest BCUT2D eigenvalue weighted by molar-refractivity contribution is 7.80. The third-order valence-electron chi connectivity index (χ3n) is 9.11. The van der Waals surface area contributed by atoms with Crippen molar-refractivity contribution in [3.8, 4) is 11.1 Å². The van der Waals surface area contributed by atoms with Gasteiger partial charge in [-0.15, -0.1) is 0 Å². The molecule has 5 aromatic carbocycles. The smallest absolute Gasteiger partial charge is 0.411 e. The lowest BCUT2D eigenvalue weighted by molar-refractivity contribution is -0.150. The van der Waals surface area contributed by atoms with Gasteiger partial charge in [0.25, 0.3) is 0 Å². The van der Waals surface area contributed by atoms with E-state index in [1.165, 1.54) is 4.90 Å².